The summed E-state index contributed by atoms with van der Waals surface area (Å²) in [5.41, 5.74) is 0. The molecule has 0 spiro atoms. The summed E-state index contributed by atoms with van der Waals surface area (Å²) in [4.78, 5) is 15.1. The van der Waals surface area contributed by atoms with Gasteiger partial charge in [-0.2, -0.15) is 4.37 Å². The summed E-state index contributed by atoms with van der Waals surface area (Å²) in [7, 11) is 1.24. The molecule has 2 aromatic rings. The van der Waals surface area contributed by atoms with Crippen LogP contribution < -0.4 is 0 Å². The Balaban J connectivity index is 2.31. The number of carbonyl (C=O) groups excluding carboxylic acids is 1. The zero-order chi connectivity index (χ0) is 10.8. The molecule has 0 aromatic carbocycles. The van der Waals surface area contributed by atoms with Crippen molar-refractivity contribution in [2.24, 2.45) is 0 Å². The van der Waals surface area contributed by atoms with Crippen molar-refractivity contribution in [3.8, 4) is 10.9 Å². The number of methoxy groups -OCH3 is 1. The van der Waals surface area contributed by atoms with Crippen molar-refractivity contribution in [2.45, 2.75) is 6.92 Å². The molecule has 0 bridgehead atoms. The van der Waals surface area contributed by atoms with E-state index in [0.29, 0.717) is 10.8 Å². The quantitative estimate of drug-likeness (QED) is 0.695. The van der Waals surface area contributed by atoms with Gasteiger partial charge < -0.3 is 9.15 Å². The average molecular weight is 226 g/mol. The average Bonchev–Trinajstić information content (AvgIpc) is 2.84. The molecule has 0 radical (unpaired) electrons. The first-order valence-corrected chi connectivity index (χ1v) is 4.70. The van der Waals surface area contributed by atoms with Crippen LogP contribution in [0.25, 0.3) is 10.9 Å². The molecule has 2 rings (SSSR count). The van der Waals surface area contributed by atoms with E-state index in [0.717, 1.165) is 11.5 Å². The van der Waals surface area contributed by atoms with E-state index in [-0.39, 0.29) is 11.8 Å². The molecule has 0 atom stereocenters. The maximum absolute atomic E-state index is 11.0. The number of hydrogen-bond acceptors (Lipinski definition) is 8. The van der Waals surface area contributed by atoms with Crippen LogP contribution >= 0.6 is 11.5 Å². The lowest BCUT2D eigenvalue weighted by molar-refractivity contribution is 0.0556. The van der Waals surface area contributed by atoms with Crippen LogP contribution in [0.1, 0.15) is 16.5 Å². The number of aromatic nitrogens is 4. The minimum absolute atomic E-state index is 0.168. The summed E-state index contributed by atoms with van der Waals surface area (Å²) in [6.45, 7) is 1.75. The van der Waals surface area contributed by atoms with E-state index in [9.17, 15) is 4.79 Å². The minimum Gasteiger partial charge on any atom is -0.462 e. The Labute approximate surface area is 88.3 Å². The standard InChI is InChI=1S/C7H6N4O3S/c1-3-8-6(15-11-3)4-9-10-5(14-4)7(12)13-2/h1-2H3. The second kappa shape index (κ2) is 3.73. The summed E-state index contributed by atoms with van der Waals surface area (Å²) in [6.07, 6.45) is 0. The predicted octanol–water partition coefficient (Wildman–Crippen LogP) is 0.683. The van der Waals surface area contributed by atoms with Gasteiger partial charge in [0.1, 0.15) is 5.82 Å². The number of hydrogen-bond donors (Lipinski definition) is 0. The summed E-state index contributed by atoms with van der Waals surface area (Å²) >= 11 is 1.13. The number of nitrogens with zero attached hydrogens (tertiary/aromatic N) is 4. The minimum atomic E-state index is -0.671. The zero-order valence-electron chi connectivity index (χ0n) is 7.92. The van der Waals surface area contributed by atoms with E-state index in [4.69, 9.17) is 4.42 Å². The fourth-order valence-corrected chi connectivity index (χ4v) is 1.46. The molecule has 15 heavy (non-hydrogen) atoms. The van der Waals surface area contributed by atoms with Gasteiger partial charge in [-0.15, -0.1) is 10.2 Å². The van der Waals surface area contributed by atoms with Crippen LogP contribution in [0.2, 0.25) is 0 Å². The van der Waals surface area contributed by atoms with E-state index in [1.54, 1.807) is 6.92 Å². The third kappa shape index (κ3) is 1.84. The second-order valence-corrected chi connectivity index (χ2v) is 3.30. The maximum atomic E-state index is 11.0. The molecule has 0 aliphatic carbocycles. The van der Waals surface area contributed by atoms with Gasteiger partial charge in [0.15, 0.2) is 0 Å². The molecule has 8 heteroatoms. The first kappa shape index (κ1) is 9.71. The van der Waals surface area contributed by atoms with Crippen LogP contribution in [-0.2, 0) is 4.74 Å². The molecule has 0 unspecified atom stereocenters. The highest BCUT2D eigenvalue weighted by Gasteiger charge is 2.18. The molecular formula is C7H6N4O3S. The van der Waals surface area contributed by atoms with Crippen molar-refractivity contribution in [1.82, 2.24) is 19.6 Å². The highest BCUT2D eigenvalue weighted by atomic mass is 32.1. The summed E-state index contributed by atoms with van der Waals surface area (Å²) < 4.78 is 13.4. The Hall–Kier alpha value is -1.83. The van der Waals surface area contributed by atoms with Crippen LogP contribution in [0.15, 0.2) is 4.42 Å². The number of rotatable bonds is 2. The van der Waals surface area contributed by atoms with Crippen molar-refractivity contribution >= 4 is 17.5 Å². The summed E-state index contributed by atoms with van der Waals surface area (Å²) in [5.74, 6) is -0.0795. The summed E-state index contributed by atoms with van der Waals surface area (Å²) in [6, 6.07) is 0. The van der Waals surface area contributed by atoms with Gasteiger partial charge in [0.05, 0.1) is 7.11 Å². The molecule has 2 aromatic heterocycles. The van der Waals surface area contributed by atoms with E-state index in [1.165, 1.54) is 7.11 Å². The van der Waals surface area contributed by atoms with Crippen molar-refractivity contribution < 1.29 is 13.9 Å². The lowest BCUT2D eigenvalue weighted by Gasteiger charge is -1.88. The topological polar surface area (TPSA) is 91.0 Å². The first-order valence-electron chi connectivity index (χ1n) is 3.93. The fourth-order valence-electron chi connectivity index (χ4n) is 0.863. The molecule has 0 saturated carbocycles. The van der Waals surface area contributed by atoms with E-state index < -0.39 is 5.97 Å². The molecule has 2 heterocycles. The van der Waals surface area contributed by atoms with Crippen LogP contribution in [0, 0.1) is 6.92 Å². The number of aryl methyl sites for hydroxylation is 1. The lowest BCUT2D eigenvalue weighted by atomic mass is 10.6. The molecule has 0 aliphatic heterocycles. The molecule has 0 N–H and O–H groups in total. The van der Waals surface area contributed by atoms with Crippen molar-refractivity contribution in [3.05, 3.63) is 11.7 Å². The van der Waals surface area contributed by atoms with Crippen LogP contribution in [-0.4, -0.2) is 32.6 Å². The Morgan fingerprint density at radius 1 is 1.47 bits per heavy atom. The van der Waals surface area contributed by atoms with Crippen LogP contribution in [0.4, 0.5) is 0 Å². The normalized spacial score (nSPS) is 10.3. The molecule has 7 nitrogen and oxygen atoms in total. The first-order chi connectivity index (χ1) is 7.20. The van der Waals surface area contributed by atoms with E-state index in [2.05, 4.69) is 24.3 Å². The third-order valence-corrected chi connectivity index (χ3v) is 2.29. The van der Waals surface area contributed by atoms with Crippen molar-refractivity contribution in [2.75, 3.05) is 7.11 Å². The number of esters is 1. The monoisotopic (exact) mass is 226 g/mol. The van der Waals surface area contributed by atoms with Gasteiger partial charge in [-0.05, 0) is 18.5 Å². The smallest absolute Gasteiger partial charge is 0.396 e. The summed E-state index contributed by atoms with van der Waals surface area (Å²) in [5, 5.41) is 7.66. The van der Waals surface area contributed by atoms with Gasteiger partial charge in [0, 0.05) is 0 Å². The van der Waals surface area contributed by atoms with Gasteiger partial charge in [-0.3, -0.25) is 0 Å². The SMILES string of the molecule is COC(=O)c1nnc(-c2nc(C)ns2)o1. The number of carbonyl (C=O) groups is 1. The van der Waals surface area contributed by atoms with Crippen molar-refractivity contribution in [1.29, 1.82) is 0 Å². The van der Waals surface area contributed by atoms with Crippen LogP contribution in [0.5, 0.6) is 0 Å². The van der Waals surface area contributed by atoms with Gasteiger partial charge in [-0.25, -0.2) is 9.78 Å². The van der Waals surface area contributed by atoms with Crippen molar-refractivity contribution in [3.63, 3.8) is 0 Å². The second-order valence-electron chi connectivity index (χ2n) is 2.55. The van der Waals surface area contributed by atoms with Gasteiger partial charge in [0.2, 0.25) is 5.01 Å². The third-order valence-electron chi connectivity index (χ3n) is 1.50. The lowest BCUT2D eigenvalue weighted by Crippen LogP contribution is -2.00. The fraction of sp³-hybridized carbons (Fsp3) is 0.286. The highest BCUT2D eigenvalue weighted by molar-refractivity contribution is 7.09. The van der Waals surface area contributed by atoms with E-state index >= 15 is 0 Å². The van der Waals surface area contributed by atoms with Gasteiger partial charge >= 0.3 is 11.9 Å². The van der Waals surface area contributed by atoms with Crippen LogP contribution in [0.3, 0.4) is 0 Å². The largest absolute Gasteiger partial charge is 0.462 e. The molecular weight excluding hydrogens is 220 g/mol. The Morgan fingerprint density at radius 3 is 2.87 bits per heavy atom. The van der Waals surface area contributed by atoms with Gasteiger partial charge in [0.25, 0.3) is 5.89 Å². The molecule has 0 fully saturated rings. The Kier molecular flexibility index (Phi) is 2.42. The molecule has 0 aliphatic rings. The van der Waals surface area contributed by atoms with Gasteiger partial charge in [-0.1, -0.05) is 0 Å². The Bertz CT molecular complexity index is 492. The number of ether oxygens (including phenoxy) is 1. The molecule has 78 valence electrons. The molecule has 0 amide bonds. The molecule has 0 saturated heterocycles. The highest BCUT2D eigenvalue weighted by Crippen LogP contribution is 2.19. The zero-order valence-corrected chi connectivity index (χ0v) is 8.74. The maximum Gasteiger partial charge on any atom is 0.396 e. The predicted molar refractivity (Wildman–Crippen MR) is 49.3 cm³/mol. The van der Waals surface area contributed by atoms with E-state index in [1.807, 2.05) is 0 Å². The Morgan fingerprint density at radius 2 is 2.27 bits per heavy atom.